The first-order chi connectivity index (χ1) is 16.7. The molecule has 2 aromatic carbocycles. The first-order valence-electron chi connectivity index (χ1n) is 12.5. The normalized spacial score (nSPS) is 27.8. The third-order valence-electron chi connectivity index (χ3n) is 8.42. The number of benzene rings is 2. The summed E-state index contributed by atoms with van der Waals surface area (Å²) in [6, 6.07) is 10.8. The van der Waals surface area contributed by atoms with Crippen LogP contribution in [0, 0.1) is 17.8 Å². The SMILES string of the molecule is COc1ccc(CCC=C(C(=O)O)c2cccc(C(F)(F)F)c2)c(C23CC4CC(CC(C4)C2)C3)c1. The summed E-state index contributed by atoms with van der Waals surface area (Å²) in [4.78, 5) is 11.9. The van der Waals surface area contributed by atoms with Crippen LogP contribution in [0.2, 0.25) is 0 Å². The van der Waals surface area contributed by atoms with Crippen LogP contribution in [0.4, 0.5) is 13.2 Å². The monoisotopic (exact) mass is 484 g/mol. The zero-order chi connectivity index (χ0) is 24.8. The highest BCUT2D eigenvalue weighted by molar-refractivity contribution is 6.15. The molecular formula is C29H31F3O3. The van der Waals surface area contributed by atoms with Crippen molar-refractivity contribution in [2.24, 2.45) is 17.8 Å². The molecule has 1 N–H and O–H groups in total. The van der Waals surface area contributed by atoms with Crippen LogP contribution in [0.25, 0.3) is 5.57 Å². The third-order valence-corrected chi connectivity index (χ3v) is 8.42. The van der Waals surface area contributed by atoms with E-state index in [0.717, 1.165) is 35.6 Å². The van der Waals surface area contributed by atoms with E-state index >= 15 is 0 Å². The van der Waals surface area contributed by atoms with Gasteiger partial charge in [0.05, 0.1) is 18.2 Å². The maximum Gasteiger partial charge on any atom is 0.416 e. The van der Waals surface area contributed by atoms with Crippen LogP contribution in [0.15, 0.2) is 48.5 Å². The number of aryl methyl sites for hydroxylation is 1. The molecule has 4 fully saturated rings. The van der Waals surface area contributed by atoms with Gasteiger partial charge in [-0.15, -0.1) is 0 Å². The number of ether oxygens (including phenoxy) is 1. The van der Waals surface area contributed by atoms with Crippen LogP contribution >= 0.6 is 0 Å². The molecule has 0 amide bonds. The molecule has 0 radical (unpaired) electrons. The number of hydrogen-bond donors (Lipinski definition) is 1. The summed E-state index contributed by atoms with van der Waals surface area (Å²) in [5.41, 5.74) is 1.82. The zero-order valence-corrected chi connectivity index (χ0v) is 19.9. The standard InChI is InChI=1S/C29H31F3O3/c1-35-24-9-8-21(26(14-24)28-15-18-10-19(16-28)12-20(11-18)17-28)4-3-7-25(27(33)34)22-5-2-6-23(13-22)29(30,31)32/h2,5-9,13-14,18-20H,3-4,10-12,15-17H2,1H3,(H,33,34). The highest BCUT2D eigenvalue weighted by atomic mass is 19.4. The molecule has 0 saturated heterocycles. The molecule has 3 nitrogen and oxygen atoms in total. The van der Waals surface area contributed by atoms with Gasteiger partial charge in [0.1, 0.15) is 5.75 Å². The summed E-state index contributed by atoms with van der Waals surface area (Å²) in [5, 5.41) is 9.73. The lowest BCUT2D eigenvalue weighted by molar-refractivity contribution is -0.137. The number of allylic oxidation sites excluding steroid dienone is 1. The second kappa shape index (κ2) is 9.03. The minimum atomic E-state index is -4.52. The van der Waals surface area contributed by atoms with E-state index in [0.29, 0.717) is 12.8 Å². The second-order valence-corrected chi connectivity index (χ2v) is 10.8. The molecule has 0 aromatic heterocycles. The topological polar surface area (TPSA) is 46.5 Å². The Morgan fingerprint density at radius 1 is 1.06 bits per heavy atom. The predicted molar refractivity (Wildman–Crippen MR) is 128 cm³/mol. The fraction of sp³-hybridized carbons (Fsp3) is 0.483. The molecule has 0 heterocycles. The lowest BCUT2D eigenvalue weighted by Gasteiger charge is -2.57. The van der Waals surface area contributed by atoms with Crippen LogP contribution in [-0.2, 0) is 22.8 Å². The molecule has 0 aliphatic heterocycles. The van der Waals surface area contributed by atoms with E-state index in [1.54, 1.807) is 13.2 Å². The maximum absolute atomic E-state index is 13.1. The zero-order valence-electron chi connectivity index (χ0n) is 19.9. The van der Waals surface area contributed by atoms with Crippen molar-refractivity contribution in [3.05, 3.63) is 70.8 Å². The fourth-order valence-corrected chi connectivity index (χ4v) is 7.40. The molecular weight excluding hydrogens is 453 g/mol. The van der Waals surface area contributed by atoms with Crippen LogP contribution in [0.1, 0.15) is 67.2 Å². The number of carboxylic acids is 1. The molecule has 4 bridgehead atoms. The van der Waals surface area contributed by atoms with E-state index in [1.165, 1.54) is 61.8 Å². The van der Waals surface area contributed by atoms with Crippen molar-refractivity contribution in [2.75, 3.05) is 7.11 Å². The molecule has 6 heteroatoms. The number of alkyl halides is 3. The van der Waals surface area contributed by atoms with E-state index in [-0.39, 0.29) is 16.6 Å². The van der Waals surface area contributed by atoms with Gasteiger partial charge in [-0.25, -0.2) is 4.79 Å². The quantitative estimate of drug-likeness (QED) is 0.420. The number of aliphatic carboxylic acids is 1. The van der Waals surface area contributed by atoms with E-state index in [2.05, 4.69) is 12.1 Å². The Kier molecular flexibility index (Phi) is 6.18. The van der Waals surface area contributed by atoms with Gasteiger partial charge < -0.3 is 9.84 Å². The van der Waals surface area contributed by atoms with Gasteiger partial charge in [-0.2, -0.15) is 13.2 Å². The lowest BCUT2D eigenvalue weighted by Crippen LogP contribution is -2.48. The summed E-state index contributed by atoms with van der Waals surface area (Å²) in [5.74, 6) is 1.99. The number of halogens is 3. The summed E-state index contributed by atoms with van der Waals surface area (Å²) >= 11 is 0. The largest absolute Gasteiger partial charge is 0.497 e. The van der Waals surface area contributed by atoms with Gasteiger partial charge in [-0.3, -0.25) is 0 Å². The molecule has 0 spiro atoms. The van der Waals surface area contributed by atoms with Gasteiger partial charge >= 0.3 is 12.1 Å². The average molecular weight is 485 g/mol. The van der Waals surface area contributed by atoms with Gasteiger partial charge in [-0.1, -0.05) is 24.3 Å². The van der Waals surface area contributed by atoms with Crippen molar-refractivity contribution < 1.29 is 27.8 Å². The number of rotatable bonds is 7. The van der Waals surface area contributed by atoms with Crippen LogP contribution in [0.3, 0.4) is 0 Å². The molecule has 4 aliphatic rings. The highest BCUT2D eigenvalue weighted by Crippen LogP contribution is 2.61. The van der Waals surface area contributed by atoms with E-state index in [1.807, 2.05) is 6.07 Å². The molecule has 0 unspecified atom stereocenters. The number of methoxy groups -OCH3 is 1. The molecule has 0 atom stereocenters. The lowest BCUT2D eigenvalue weighted by atomic mass is 9.47. The number of hydrogen-bond acceptors (Lipinski definition) is 2. The van der Waals surface area contributed by atoms with Gasteiger partial charge in [-0.05, 0) is 115 Å². The van der Waals surface area contributed by atoms with Crippen LogP contribution < -0.4 is 4.74 Å². The van der Waals surface area contributed by atoms with E-state index < -0.39 is 17.7 Å². The van der Waals surface area contributed by atoms with Gasteiger partial charge in [0.2, 0.25) is 0 Å². The number of carbonyl (C=O) groups is 1. The molecule has 6 rings (SSSR count). The van der Waals surface area contributed by atoms with Crippen molar-refractivity contribution in [2.45, 2.75) is 63.0 Å². The minimum absolute atomic E-state index is 0.0726. The highest BCUT2D eigenvalue weighted by Gasteiger charge is 2.52. The van der Waals surface area contributed by atoms with Gasteiger partial charge in [0, 0.05) is 0 Å². The third kappa shape index (κ3) is 4.72. The molecule has 2 aromatic rings. The van der Waals surface area contributed by atoms with Crippen molar-refractivity contribution in [1.82, 2.24) is 0 Å². The van der Waals surface area contributed by atoms with Crippen molar-refractivity contribution >= 4 is 11.5 Å². The van der Waals surface area contributed by atoms with Crippen molar-refractivity contribution in [1.29, 1.82) is 0 Å². The Bertz CT molecular complexity index is 1110. The van der Waals surface area contributed by atoms with Crippen molar-refractivity contribution in [3.63, 3.8) is 0 Å². The molecule has 4 saturated carbocycles. The van der Waals surface area contributed by atoms with Gasteiger partial charge in [0.25, 0.3) is 0 Å². The van der Waals surface area contributed by atoms with Gasteiger partial charge in [0.15, 0.2) is 0 Å². The molecule has 186 valence electrons. The Morgan fingerprint density at radius 2 is 1.71 bits per heavy atom. The summed E-state index contributed by atoms with van der Waals surface area (Å²) in [6.07, 6.45) is 5.78. The Morgan fingerprint density at radius 3 is 2.29 bits per heavy atom. The Labute approximate surface area is 204 Å². The summed E-state index contributed by atoms with van der Waals surface area (Å²) in [6.45, 7) is 0. The molecule has 4 aliphatic carbocycles. The van der Waals surface area contributed by atoms with E-state index in [9.17, 15) is 23.1 Å². The second-order valence-electron chi connectivity index (χ2n) is 10.8. The van der Waals surface area contributed by atoms with E-state index in [4.69, 9.17) is 4.74 Å². The molecule has 35 heavy (non-hydrogen) atoms. The Balaban J connectivity index is 1.42. The maximum atomic E-state index is 13.1. The fourth-order valence-electron chi connectivity index (χ4n) is 7.40. The summed E-state index contributed by atoms with van der Waals surface area (Å²) in [7, 11) is 1.68. The smallest absolute Gasteiger partial charge is 0.416 e. The first-order valence-corrected chi connectivity index (χ1v) is 12.5. The van der Waals surface area contributed by atoms with Crippen LogP contribution in [0.5, 0.6) is 5.75 Å². The summed E-state index contributed by atoms with van der Waals surface area (Å²) < 4.78 is 45.0. The number of carboxylic acid groups (broad SMARTS) is 1. The predicted octanol–water partition coefficient (Wildman–Crippen LogP) is 7.28. The first kappa shape index (κ1) is 24.0. The van der Waals surface area contributed by atoms with Crippen LogP contribution in [-0.4, -0.2) is 18.2 Å². The van der Waals surface area contributed by atoms with Crippen molar-refractivity contribution in [3.8, 4) is 5.75 Å². The minimum Gasteiger partial charge on any atom is -0.497 e. The Hall–Kier alpha value is -2.76. The average Bonchev–Trinajstić information content (AvgIpc) is 2.80.